The molecule has 5 nitrogen and oxygen atoms in total. The van der Waals surface area contributed by atoms with Gasteiger partial charge in [-0.15, -0.1) is 0 Å². The topological polar surface area (TPSA) is 75.4 Å². The molecule has 1 aromatic rings. The molecule has 2 rings (SSSR count). The first-order valence-corrected chi connectivity index (χ1v) is 5.83. The molecule has 0 bridgehead atoms. The molecule has 17 heavy (non-hydrogen) atoms. The van der Waals surface area contributed by atoms with Crippen LogP contribution in [0.5, 0.6) is 0 Å². The molecule has 1 aliphatic carbocycles. The Labute approximate surface area is 99.6 Å². The van der Waals surface area contributed by atoms with Crippen LogP contribution in [0.1, 0.15) is 19.3 Å². The maximum Gasteiger partial charge on any atom is 0.292 e. The summed E-state index contributed by atoms with van der Waals surface area (Å²) in [5.41, 5.74) is 0.638. The molecule has 0 saturated heterocycles. The van der Waals surface area contributed by atoms with Crippen molar-refractivity contribution in [3.63, 3.8) is 0 Å². The number of hydrogen-bond acceptors (Lipinski definition) is 4. The fourth-order valence-electron chi connectivity index (χ4n) is 2.40. The van der Waals surface area contributed by atoms with Crippen LogP contribution in [0.4, 0.5) is 11.4 Å². The normalized spacial score (nSPS) is 23.6. The van der Waals surface area contributed by atoms with Crippen LogP contribution in [0.3, 0.4) is 0 Å². The minimum absolute atomic E-state index is 0.0936. The zero-order valence-electron chi connectivity index (χ0n) is 9.50. The molecule has 1 aliphatic rings. The van der Waals surface area contributed by atoms with Crippen LogP contribution in [0, 0.1) is 16.0 Å². The van der Waals surface area contributed by atoms with Crippen molar-refractivity contribution in [3.8, 4) is 0 Å². The quantitative estimate of drug-likeness (QED) is 0.620. The van der Waals surface area contributed by atoms with Gasteiger partial charge < -0.3 is 10.4 Å². The molecular weight excluding hydrogens is 220 g/mol. The number of benzene rings is 1. The van der Waals surface area contributed by atoms with Gasteiger partial charge in [0.1, 0.15) is 5.69 Å². The van der Waals surface area contributed by atoms with Crippen molar-refractivity contribution < 1.29 is 10.0 Å². The van der Waals surface area contributed by atoms with Gasteiger partial charge in [-0.25, -0.2) is 0 Å². The molecule has 1 fully saturated rings. The van der Waals surface area contributed by atoms with E-state index in [4.69, 9.17) is 0 Å². The fourth-order valence-corrected chi connectivity index (χ4v) is 2.40. The number of aliphatic hydroxyl groups is 1. The van der Waals surface area contributed by atoms with Crippen molar-refractivity contribution in [2.24, 2.45) is 5.92 Å². The van der Waals surface area contributed by atoms with Gasteiger partial charge in [0.05, 0.1) is 4.92 Å². The Kier molecular flexibility index (Phi) is 3.58. The monoisotopic (exact) mass is 236 g/mol. The SMILES string of the molecule is O=[N+]([O-])c1ccccc1NC1CCCC1CO. The minimum Gasteiger partial charge on any atom is -0.396 e. The molecular formula is C12H16N2O3. The molecule has 5 heteroatoms. The summed E-state index contributed by atoms with van der Waals surface area (Å²) in [5.74, 6) is 0.204. The first-order valence-electron chi connectivity index (χ1n) is 5.83. The maximum absolute atomic E-state index is 10.9. The first-order chi connectivity index (χ1) is 8.22. The Morgan fingerprint density at radius 1 is 1.41 bits per heavy atom. The van der Waals surface area contributed by atoms with E-state index in [1.165, 1.54) is 6.07 Å². The lowest BCUT2D eigenvalue weighted by Gasteiger charge is -2.20. The van der Waals surface area contributed by atoms with Crippen LogP contribution in [0.2, 0.25) is 0 Å². The molecule has 92 valence electrons. The van der Waals surface area contributed by atoms with Gasteiger partial charge in [0.2, 0.25) is 0 Å². The summed E-state index contributed by atoms with van der Waals surface area (Å²) in [7, 11) is 0. The summed E-state index contributed by atoms with van der Waals surface area (Å²) in [6.07, 6.45) is 3.00. The molecule has 0 aliphatic heterocycles. The second kappa shape index (κ2) is 5.14. The number of nitrogens with zero attached hydrogens (tertiary/aromatic N) is 1. The highest BCUT2D eigenvalue weighted by Crippen LogP contribution is 2.31. The van der Waals surface area contributed by atoms with Crippen LogP contribution in [-0.4, -0.2) is 22.7 Å². The third-order valence-corrected chi connectivity index (χ3v) is 3.34. The average Bonchev–Trinajstić information content (AvgIpc) is 2.77. The number of nitro groups is 1. The highest BCUT2D eigenvalue weighted by molar-refractivity contribution is 5.61. The van der Waals surface area contributed by atoms with Crippen LogP contribution >= 0.6 is 0 Å². The molecule has 0 amide bonds. The Bertz CT molecular complexity index is 408. The average molecular weight is 236 g/mol. The lowest BCUT2D eigenvalue weighted by molar-refractivity contribution is -0.384. The summed E-state index contributed by atoms with van der Waals surface area (Å²) in [6, 6.07) is 6.77. The predicted molar refractivity (Wildman–Crippen MR) is 64.9 cm³/mol. The molecule has 1 saturated carbocycles. The summed E-state index contributed by atoms with van der Waals surface area (Å²) < 4.78 is 0. The van der Waals surface area contributed by atoms with E-state index in [0.717, 1.165) is 19.3 Å². The van der Waals surface area contributed by atoms with Crippen LogP contribution < -0.4 is 5.32 Å². The van der Waals surface area contributed by atoms with E-state index in [9.17, 15) is 15.2 Å². The molecule has 2 N–H and O–H groups in total. The number of hydrogen-bond donors (Lipinski definition) is 2. The second-order valence-electron chi connectivity index (χ2n) is 4.40. The number of anilines is 1. The molecule has 2 unspecified atom stereocenters. The Morgan fingerprint density at radius 3 is 2.88 bits per heavy atom. The van der Waals surface area contributed by atoms with Gasteiger partial charge in [0.15, 0.2) is 0 Å². The summed E-state index contributed by atoms with van der Waals surface area (Å²) in [5, 5.41) is 23.3. The molecule has 0 radical (unpaired) electrons. The Morgan fingerprint density at radius 2 is 2.18 bits per heavy atom. The van der Waals surface area contributed by atoms with Crippen molar-refractivity contribution in [2.75, 3.05) is 11.9 Å². The number of nitrogens with one attached hydrogen (secondary N) is 1. The van der Waals surface area contributed by atoms with E-state index in [0.29, 0.717) is 5.69 Å². The van der Waals surface area contributed by atoms with E-state index < -0.39 is 0 Å². The van der Waals surface area contributed by atoms with Crippen molar-refractivity contribution in [2.45, 2.75) is 25.3 Å². The van der Waals surface area contributed by atoms with Crippen molar-refractivity contribution in [1.29, 1.82) is 0 Å². The molecule has 0 aromatic heterocycles. The number of rotatable bonds is 4. The van der Waals surface area contributed by atoms with E-state index in [2.05, 4.69) is 5.32 Å². The highest BCUT2D eigenvalue weighted by atomic mass is 16.6. The van der Waals surface area contributed by atoms with E-state index >= 15 is 0 Å². The van der Waals surface area contributed by atoms with Crippen LogP contribution in [0.25, 0.3) is 0 Å². The summed E-state index contributed by atoms with van der Waals surface area (Å²) in [4.78, 5) is 10.5. The molecule has 0 heterocycles. The zero-order chi connectivity index (χ0) is 12.3. The fraction of sp³-hybridized carbons (Fsp3) is 0.500. The van der Waals surface area contributed by atoms with Gasteiger partial charge in [-0.2, -0.15) is 0 Å². The predicted octanol–water partition coefficient (Wildman–Crippen LogP) is 2.17. The van der Waals surface area contributed by atoms with Crippen molar-refractivity contribution in [1.82, 2.24) is 0 Å². The third-order valence-electron chi connectivity index (χ3n) is 3.34. The van der Waals surface area contributed by atoms with Gasteiger partial charge in [-0.1, -0.05) is 18.6 Å². The van der Waals surface area contributed by atoms with Crippen LogP contribution in [0.15, 0.2) is 24.3 Å². The largest absolute Gasteiger partial charge is 0.396 e. The highest BCUT2D eigenvalue weighted by Gasteiger charge is 2.28. The van der Waals surface area contributed by atoms with Crippen molar-refractivity contribution >= 4 is 11.4 Å². The van der Waals surface area contributed by atoms with Crippen molar-refractivity contribution in [3.05, 3.63) is 34.4 Å². The minimum atomic E-state index is -0.384. The van der Waals surface area contributed by atoms with Gasteiger partial charge in [0.25, 0.3) is 5.69 Å². The molecule has 1 aromatic carbocycles. The summed E-state index contributed by atoms with van der Waals surface area (Å²) >= 11 is 0. The Hall–Kier alpha value is -1.62. The van der Waals surface area contributed by atoms with Gasteiger partial charge in [-0.05, 0) is 18.9 Å². The third kappa shape index (κ3) is 2.55. The smallest absolute Gasteiger partial charge is 0.292 e. The van der Waals surface area contributed by atoms with Gasteiger partial charge in [-0.3, -0.25) is 10.1 Å². The zero-order valence-corrected chi connectivity index (χ0v) is 9.50. The number of nitro benzene ring substituents is 1. The molecule has 0 spiro atoms. The lowest BCUT2D eigenvalue weighted by Crippen LogP contribution is -2.26. The van der Waals surface area contributed by atoms with E-state index in [-0.39, 0.29) is 29.2 Å². The standard InChI is InChI=1S/C12H16N2O3/c15-8-9-4-3-6-10(9)13-11-5-1-2-7-12(11)14(16)17/h1-2,5,7,9-10,13,15H,3-4,6,8H2. The Balaban J connectivity index is 2.15. The van der Waals surface area contributed by atoms with E-state index in [1.54, 1.807) is 18.2 Å². The first kappa shape index (κ1) is 11.9. The molecule has 2 atom stereocenters. The summed E-state index contributed by atoms with van der Waals surface area (Å²) in [6.45, 7) is 0.137. The van der Waals surface area contributed by atoms with Crippen LogP contribution in [-0.2, 0) is 0 Å². The number of aliphatic hydroxyl groups excluding tert-OH is 1. The second-order valence-corrected chi connectivity index (χ2v) is 4.40. The van der Waals surface area contributed by atoms with E-state index in [1.807, 2.05) is 0 Å². The van der Waals surface area contributed by atoms with Gasteiger partial charge >= 0.3 is 0 Å². The number of para-hydroxylation sites is 2. The maximum atomic E-state index is 10.9. The van der Waals surface area contributed by atoms with Gasteiger partial charge in [0, 0.05) is 24.6 Å². The lowest BCUT2D eigenvalue weighted by atomic mass is 10.0.